The van der Waals surface area contributed by atoms with Gasteiger partial charge in [0.1, 0.15) is 0 Å². The number of hydrogen-bond acceptors (Lipinski definition) is 2. The van der Waals surface area contributed by atoms with E-state index in [9.17, 15) is 0 Å². The third kappa shape index (κ3) is 4.62. The predicted octanol–water partition coefficient (Wildman–Crippen LogP) is 3.55. The predicted molar refractivity (Wildman–Crippen MR) is 84.8 cm³/mol. The molecule has 3 nitrogen and oxygen atoms in total. The van der Waals surface area contributed by atoms with Crippen molar-refractivity contribution in [2.24, 2.45) is 18.4 Å². The molecule has 1 heterocycles. The maximum absolute atomic E-state index is 4.29. The van der Waals surface area contributed by atoms with E-state index in [1.165, 1.54) is 57.1 Å². The van der Waals surface area contributed by atoms with Crippen LogP contribution in [0.25, 0.3) is 0 Å². The first-order chi connectivity index (χ1) is 9.60. The summed E-state index contributed by atoms with van der Waals surface area (Å²) in [6, 6.07) is 0. The van der Waals surface area contributed by atoms with Crippen molar-refractivity contribution in [1.29, 1.82) is 0 Å². The molecule has 3 heteroatoms. The first-order valence-corrected chi connectivity index (χ1v) is 8.28. The second kappa shape index (κ2) is 7.26. The Hall–Kier alpha value is -0.830. The summed E-state index contributed by atoms with van der Waals surface area (Å²) in [6.07, 6.45) is 13.7. The average molecular weight is 277 g/mol. The lowest BCUT2D eigenvalue weighted by Crippen LogP contribution is -2.38. The summed E-state index contributed by atoms with van der Waals surface area (Å²) in [5, 5.41) is 8.01. The third-order valence-corrected chi connectivity index (χ3v) is 4.67. The summed E-state index contributed by atoms with van der Waals surface area (Å²) in [6.45, 7) is 6.92. The van der Waals surface area contributed by atoms with Gasteiger partial charge in [-0.25, -0.2) is 0 Å². The van der Waals surface area contributed by atoms with E-state index in [1.54, 1.807) is 0 Å². The van der Waals surface area contributed by atoms with E-state index in [2.05, 4.69) is 30.5 Å². The molecule has 1 aromatic heterocycles. The second-order valence-electron chi connectivity index (χ2n) is 7.11. The van der Waals surface area contributed by atoms with Gasteiger partial charge in [0.2, 0.25) is 0 Å². The molecular formula is C17H31N3. The van der Waals surface area contributed by atoms with Crippen molar-refractivity contribution in [3.05, 3.63) is 18.0 Å². The zero-order valence-corrected chi connectivity index (χ0v) is 13.5. The Morgan fingerprint density at radius 2 is 2.05 bits per heavy atom. The van der Waals surface area contributed by atoms with Gasteiger partial charge in [0.15, 0.2) is 0 Å². The number of aryl methyl sites for hydroxylation is 2. The van der Waals surface area contributed by atoms with Crippen LogP contribution >= 0.6 is 0 Å². The van der Waals surface area contributed by atoms with Crippen molar-refractivity contribution in [1.82, 2.24) is 15.1 Å². The number of hydrogen-bond donors (Lipinski definition) is 1. The molecule has 0 radical (unpaired) electrons. The molecule has 1 fully saturated rings. The van der Waals surface area contributed by atoms with E-state index in [4.69, 9.17) is 0 Å². The lowest BCUT2D eigenvalue weighted by Gasteiger charge is -2.38. The highest BCUT2D eigenvalue weighted by Gasteiger charge is 2.31. The van der Waals surface area contributed by atoms with E-state index >= 15 is 0 Å². The van der Waals surface area contributed by atoms with Crippen LogP contribution in [0.4, 0.5) is 0 Å². The van der Waals surface area contributed by atoms with Crippen LogP contribution < -0.4 is 5.32 Å². The summed E-state index contributed by atoms with van der Waals surface area (Å²) in [5.74, 6) is 0.744. The van der Waals surface area contributed by atoms with Gasteiger partial charge >= 0.3 is 0 Å². The Balaban J connectivity index is 1.88. The minimum atomic E-state index is 0.531. The fourth-order valence-electron chi connectivity index (χ4n) is 3.45. The van der Waals surface area contributed by atoms with Crippen molar-refractivity contribution in [2.45, 2.75) is 58.8 Å². The minimum absolute atomic E-state index is 0.531. The molecule has 1 N–H and O–H groups in total. The molecular weight excluding hydrogens is 246 g/mol. The van der Waals surface area contributed by atoms with Crippen LogP contribution in [0.15, 0.2) is 12.4 Å². The lowest BCUT2D eigenvalue weighted by atomic mass is 9.70. The second-order valence-corrected chi connectivity index (χ2v) is 7.11. The van der Waals surface area contributed by atoms with Crippen LogP contribution in [0.2, 0.25) is 0 Å². The molecule has 20 heavy (non-hydrogen) atoms. The van der Waals surface area contributed by atoms with Crippen molar-refractivity contribution in [3.8, 4) is 0 Å². The third-order valence-electron chi connectivity index (χ3n) is 4.67. The highest BCUT2D eigenvalue weighted by Crippen LogP contribution is 2.39. The van der Waals surface area contributed by atoms with Gasteiger partial charge in [0.25, 0.3) is 0 Å². The lowest BCUT2D eigenvalue weighted by molar-refractivity contribution is 0.165. The Morgan fingerprint density at radius 1 is 1.30 bits per heavy atom. The molecule has 0 atom stereocenters. The molecule has 2 rings (SSSR count). The largest absolute Gasteiger partial charge is 0.316 e. The van der Waals surface area contributed by atoms with Crippen molar-refractivity contribution in [3.63, 3.8) is 0 Å². The molecule has 1 saturated carbocycles. The van der Waals surface area contributed by atoms with Gasteiger partial charge in [-0.15, -0.1) is 0 Å². The molecule has 0 unspecified atom stereocenters. The fraction of sp³-hybridized carbons (Fsp3) is 0.824. The molecule has 114 valence electrons. The van der Waals surface area contributed by atoms with E-state index in [0.717, 1.165) is 12.5 Å². The molecule has 0 amide bonds. The molecule has 1 aliphatic rings. The SMILES string of the molecule is CC(C)CNCC1(CCc2cnn(C)c2)CCCCC1. The van der Waals surface area contributed by atoms with Crippen LogP contribution in [-0.2, 0) is 13.5 Å². The molecule has 0 aliphatic heterocycles. The highest BCUT2D eigenvalue weighted by atomic mass is 15.2. The topological polar surface area (TPSA) is 29.9 Å². The minimum Gasteiger partial charge on any atom is -0.316 e. The van der Waals surface area contributed by atoms with Crippen LogP contribution in [0, 0.1) is 11.3 Å². The number of rotatable bonds is 7. The first kappa shape index (κ1) is 15.6. The average Bonchev–Trinajstić information content (AvgIpc) is 2.83. The number of nitrogens with one attached hydrogen (secondary N) is 1. The van der Waals surface area contributed by atoms with Gasteiger partial charge in [-0.3, -0.25) is 4.68 Å². The summed E-state index contributed by atoms with van der Waals surface area (Å²) in [7, 11) is 2.00. The number of aromatic nitrogens is 2. The molecule has 1 aromatic rings. The van der Waals surface area contributed by atoms with Gasteiger partial charge < -0.3 is 5.32 Å². The van der Waals surface area contributed by atoms with Gasteiger partial charge in [0.05, 0.1) is 6.20 Å². The Labute approximate surface area is 124 Å². The zero-order chi connectivity index (χ0) is 14.4. The van der Waals surface area contributed by atoms with Crippen LogP contribution in [0.3, 0.4) is 0 Å². The summed E-state index contributed by atoms with van der Waals surface area (Å²) in [4.78, 5) is 0. The fourth-order valence-corrected chi connectivity index (χ4v) is 3.45. The molecule has 0 spiro atoms. The Kier molecular flexibility index (Phi) is 5.64. The monoisotopic (exact) mass is 277 g/mol. The van der Waals surface area contributed by atoms with E-state index in [1.807, 2.05) is 17.9 Å². The normalized spacial score (nSPS) is 18.6. The van der Waals surface area contributed by atoms with E-state index in [-0.39, 0.29) is 0 Å². The van der Waals surface area contributed by atoms with Gasteiger partial charge in [0, 0.05) is 19.8 Å². The Morgan fingerprint density at radius 3 is 2.65 bits per heavy atom. The zero-order valence-electron chi connectivity index (χ0n) is 13.5. The Bertz CT molecular complexity index is 389. The first-order valence-electron chi connectivity index (χ1n) is 8.28. The van der Waals surface area contributed by atoms with Crippen molar-refractivity contribution in [2.75, 3.05) is 13.1 Å². The molecule has 0 saturated heterocycles. The van der Waals surface area contributed by atoms with E-state index in [0.29, 0.717) is 5.41 Å². The van der Waals surface area contributed by atoms with Gasteiger partial charge in [-0.05, 0) is 49.1 Å². The standard InChI is InChI=1S/C17H31N3/c1-15(2)11-18-14-17(8-5-4-6-9-17)10-7-16-12-19-20(3)13-16/h12-13,15,18H,4-11,14H2,1-3H3. The van der Waals surface area contributed by atoms with Gasteiger partial charge in [-0.2, -0.15) is 5.10 Å². The van der Waals surface area contributed by atoms with Crippen LogP contribution in [0.5, 0.6) is 0 Å². The quantitative estimate of drug-likeness (QED) is 0.826. The van der Waals surface area contributed by atoms with Crippen LogP contribution in [0.1, 0.15) is 57.9 Å². The van der Waals surface area contributed by atoms with Crippen molar-refractivity contribution < 1.29 is 0 Å². The summed E-state index contributed by atoms with van der Waals surface area (Å²) in [5.41, 5.74) is 1.92. The summed E-state index contributed by atoms with van der Waals surface area (Å²) < 4.78 is 1.92. The smallest absolute Gasteiger partial charge is 0.0521 e. The van der Waals surface area contributed by atoms with Gasteiger partial charge in [-0.1, -0.05) is 33.1 Å². The molecule has 0 aromatic carbocycles. The summed E-state index contributed by atoms with van der Waals surface area (Å²) >= 11 is 0. The van der Waals surface area contributed by atoms with Crippen LogP contribution in [-0.4, -0.2) is 22.9 Å². The number of nitrogens with zero attached hydrogens (tertiary/aromatic N) is 2. The van der Waals surface area contributed by atoms with Crippen molar-refractivity contribution >= 4 is 0 Å². The highest BCUT2D eigenvalue weighted by molar-refractivity contribution is 5.05. The maximum Gasteiger partial charge on any atom is 0.0521 e. The van der Waals surface area contributed by atoms with E-state index < -0.39 is 0 Å². The molecule has 1 aliphatic carbocycles. The molecule has 0 bridgehead atoms. The maximum atomic E-state index is 4.29.